The molecule has 0 spiro atoms. The predicted molar refractivity (Wildman–Crippen MR) is 134 cm³/mol. The molecule has 9 heteroatoms. The molecule has 0 fully saturated rings. The van der Waals surface area contributed by atoms with Crippen molar-refractivity contribution < 1.29 is 22.7 Å². The zero-order valence-electron chi connectivity index (χ0n) is 18.7. The number of nitrogens with one attached hydrogen (secondary N) is 1. The topological polar surface area (TPSA) is 117 Å². The molecular formula is C26H23N3O5S. The molecule has 3 rings (SSSR count). The van der Waals surface area contributed by atoms with Gasteiger partial charge in [0.25, 0.3) is 15.9 Å². The van der Waals surface area contributed by atoms with E-state index in [2.05, 4.69) is 4.72 Å². The van der Waals surface area contributed by atoms with Crippen LogP contribution in [-0.4, -0.2) is 33.4 Å². The van der Waals surface area contributed by atoms with Crippen LogP contribution in [0.4, 0.5) is 11.4 Å². The fourth-order valence-electron chi connectivity index (χ4n) is 3.06. The molecule has 0 atom stereocenters. The quantitative estimate of drug-likeness (QED) is 0.427. The smallest absolute Gasteiger partial charge is 0.338 e. The van der Waals surface area contributed by atoms with E-state index < -0.39 is 28.5 Å². The number of hydrogen-bond acceptors (Lipinski definition) is 6. The fourth-order valence-corrected chi connectivity index (χ4v) is 3.93. The third-order valence-corrected chi connectivity index (χ3v) is 5.78. The van der Waals surface area contributed by atoms with Gasteiger partial charge in [-0.15, -0.1) is 0 Å². The van der Waals surface area contributed by atoms with Gasteiger partial charge in [0.05, 0.1) is 23.5 Å². The van der Waals surface area contributed by atoms with E-state index in [0.717, 1.165) is 11.0 Å². The van der Waals surface area contributed by atoms with Crippen LogP contribution >= 0.6 is 0 Å². The minimum atomic E-state index is -3.75. The number of nitrogens with zero attached hydrogens (tertiary/aromatic N) is 2. The van der Waals surface area contributed by atoms with Crippen molar-refractivity contribution in [2.45, 2.75) is 6.42 Å². The summed E-state index contributed by atoms with van der Waals surface area (Å²) in [6.07, 6.45) is 1.60. The van der Waals surface area contributed by atoms with Crippen molar-refractivity contribution in [2.75, 3.05) is 22.8 Å². The van der Waals surface area contributed by atoms with Crippen LogP contribution in [-0.2, 0) is 19.6 Å². The summed E-state index contributed by atoms with van der Waals surface area (Å²) in [5.41, 5.74) is 1.76. The van der Waals surface area contributed by atoms with Crippen molar-refractivity contribution in [2.24, 2.45) is 0 Å². The zero-order valence-corrected chi connectivity index (χ0v) is 19.5. The summed E-state index contributed by atoms with van der Waals surface area (Å²) in [5.74, 6) is -1.19. The van der Waals surface area contributed by atoms with E-state index in [1.165, 1.54) is 35.2 Å². The Morgan fingerprint density at radius 1 is 0.943 bits per heavy atom. The monoisotopic (exact) mass is 489 g/mol. The van der Waals surface area contributed by atoms with Crippen LogP contribution in [0.2, 0.25) is 0 Å². The van der Waals surface area contributed by atoms with Crippen LogP contribution < -0.4 is 9.62 Å². The van der Waals surface area contributed by atoms with Crippen LogP contribution in [0.25, 0.3) is 6.08 Å². The Hall–Kier alpha value is -4.42. The van der Waals surface area contributed by atoms with Crippen LogP contribution in [0.3, 0.4) is 0 Å². The molecule has 0 unspecified atom stereocenters. The lowest BCUT2D eigenvalue weighted by molar-refractivity contribution is -0.121. The van der Waals surface area contributed by atoms with Gasteiger partial charge < -0.3 is 9.64 Å². The molecule has 0 saturated heterocycles. The van der Waals surface area contributed by atoms with Gasteiger partial charge in [-0.2, -0.15) is 5.26 Å². The van der Waals surface area contributed by atoms with Crippen LogP contribution in [0.1, 0.15) is 22.3 Å². The highest BCUT2D eigenvalue weighted by Gasteiger charge is 2.18. The Balaban J connectivity index is 1.58. The maximum Gasteiger partial charge on any atom is 0.338 e. The molecule has 178 valence electrons. The van der Waals surface area contributed by atoms with Gasteiger partial charge in [0.1, 0.15) is 0 Å². The normalized spacial score (nSPS) is 10.9. The maximum absolute atomic E-state index is 12.6. The molecule has 0 bridgehead atoms. The Labute approximate surface area is 204 Å². The van der Waals surface area contributed by atoms with E-state index in [-0.39, 0.29) is 24.2 Å². The molecule has 1 N–H and O–H groups in total. The average molecular weight is 490 g/mol. The summed E-state index contributed by atoms with van der Waals surface area (Å²) in [4.78, 5) is 26.4. The first-order valence-electron chi connectivity index (χ1n) is 10.6. The summed E-state index contributed by atoms with van der Waals surface area (Å²) in [7, 11) is -3.75. The summed E-state index contributed by atoms with van der Waals surface area (Å²) in [6, 6.07) is 25.4. The molecule has 0 heterocycles. The predicted octanol–water partition coefficient (Wildman–Crippen LogP) is 4.20. The van der Waals surface area contributed by atoms with Gasteiger partial charge in [0.2, 0.25) is 0 Å². The first-order chi connectivity index (χ1) is 16.9. The minimum absolute atomic E-state index is 0.131. The third-order valence-electron chi connectivity index (χ3n) is 4.76. The molecule has 0 saturated carbocycles. The van der Waals surface area contributed by atoms with E-state index in [4.69, 9.17) is 10.00 Å². The molecule has 0 radical (unpaired) electrons. The average Bonchev–Trinajstić information content (AvgIpc) is 2.88. The van der Waals surface area contributed by atoms with Gasteiger partial charge in [-0.3, -0.25) is 9.52 Å². The number of esters is 1. The Bertz CT molecular complexity index is 1320. The van der Waals surface area contributed by atoms with Crippen molar-refractivity contribution in [3.05, 3.63) is 101 Å². The highest BCUT2D eigenvalue weighted by molar-refractivity contribution is 7.95. The van der Waals surface area contributed by atoms with E-state index in [1.54, 1.807) is 54.6 Å². The molecule has 0 aromatic heterocycles. The highest BCUT2D eigenvalue weighted by Crippen LogP contribution is 2.16. The van der Waals surface area contributed by atoms with E-state index in [0.29, 0.717) is 5.69 Å². The lowest BCUT2D eigenvalue weighted by atomic mass is 10.2. The molecule has 3 aromatic rings. The zero-order chi connectivity index (χ0) is 25.1. The molecular weight excluding hydrogens is 466 g/mol. The first-order valence-corrected chi connectivity index (χ1v) is 12.2. The van der Waals surface area contributed by atoms with Gasteiger partial charge in [0.15, 0.2) is 6.61 Å². The summed E-state index contributed by atoms with van der Waals surface area (Å²) in [6.45, 7) is -0.331. The number of nitriles is 1. The highest BCUT2D eigenvalue weighted by atomic mass is 32.2. The summed E-state index contributed by atoms with van der Waals surface area (Å²) in [5, 5.41) is 9.92. The van der Waals surface area contributed by atoms with Crippen molar-refractivity contribution >= 4 is 39.4 Å². The van der Waals surface area contributed by atoms with Gasteiger partial charge in [0, 0.05) is 17.9 Å². The standard InChI is InChI=1S/C26H23N3O5S/c27-17-7-18-29(24-10-5-2-6-11-24)25(30)20-34-26(31)22-12-14-23(15-13-22)28-35(32,33)19-16-21-8-3-1-4-9-21/h1-6,8-16,19,28H,7,18,20H2. The number of anilines is 2. The second kappa shape index (κ2) is 12.2. The Kier molecular flexibility index (Phi) is 8.76. The number of carbonyl (C=O) groups is 2. The minimum Gasteiger partial charge on any atom is -0.452 e. The van der Waals surface area contributed by atoms with Crippen molar-refractivity contribution in [3.8, 4) is 6.07 Å². The number of rotatable bonds is 10. The maximum atomic E-state index is 12.6. The van der Waals surface area contributed by atoms with Gasteiger partial charge in [-0.25, -0.2) is 13.2 Å². The van der Waals surface area contributed by atoms with E-state index in [1.807, 2.05) is 12.1 Å². The molecule has 0 aliphatic carbocycles. The molecule has 0 aliphatic rings. The third kappa shape index (κ3) is 7.84. The fraction of sp³-hybridized carbons (Fsp3) is 0.115. The first kappa shape index (κ1) is 25.2. The SMILES string of the molecule is N#CCCN(C(=O)COC(=O)c1ccc(NS(=O)(=O)C=Cc2ccccc2)cc1)c1ccccc1. The molecule has 0 aliphatic heterocycles. The lowest BCUT2D eigenvalue weighted by Gasteiger charge is -2.21. The molecule has 8 nitrogen and oxygen atoms in total. The largest absolute Gasteiger partial charge is 0.452 e. The van der Waals surface area contributed by atoms with Gasteiger partial charge in [-0.1, -0.05) is 48.5 Å². The molecule has 35 heavy (non-hydrogen) atoms. The van der Waals surface area contributed by atoms with Crippen LogP contribution in [0, 0.1) is 11.3 Å². The van der Waals surface area contributed by atoms with Gasteiger partial charge in [-0.05, 0) is 48.0 Å². The summed E-state index contributed by atoms with van der Waals surface area (Å²) < 4.78 is 32.1. The Morgan fingerprint density at radius 3 is 2.20 bits per heavy atom. The number of hydrogen-bond donors (Lipinski definition) is 1. The van der Waals surface area contributed by atoms with Gasteiger partial charge >= 0.3 is 5.97 Å². The summed E-state index contributed by atoms with van der Waals surface area (Å²) >= 11 is 0. The molecule has 3 aromatic carbocycles. The number of amides is 1. The van der Waals surface area contributed by atoms with Crippen molar-refractivity contribution in [3.63, 3.8) is 0 Å². The van der Waals surface area contributed by atoms with Crippen LogP contribution in [0.15, 0.2) is 90.3 Å². The number of ether oxygens (including phenoxy) is 1. The van der Waals surface area contributed by atoms with Crippen molar-refractivity contribution in [1.82, 2.24) is 0 Å². The second-order valence-corrected chi connectivity index (χ2v) is 8.87. The molecule has 1 amide bonds. The number of sulfonamides is 1. The number of para-hydroxylation sites is 1. The number of carbonyl (C=O) groups excluding carboxylic acids is 2. The van der Waals surface area contributed by atoms with Crippen molar-refractivity contribution in [1.29, 1.82) is 5.26 Å². The van der Waals surface area contributed by atoms with E-state index in [9.17, 15) is 18.0 Å². The van der Waals surface area contributed by atoms with Crippen LogP contribution in [0.5, 0.6) is 0 Å². The Morgan fingerprint density at radius 2 is 1.57 bits per heavy atom. The second-order valence-electron chi connectivity index (χ2n) is 7.30. The lowest BCUT2D eigenvalue weighted by Crippen LogP contribution is -2.35. The number of benzene rings is 3. The van der Waals surface area contributed by atoms with E-state index >= 15 is 0 Å².